The van der Waals surface area contributed by atoms with Crippen LogP contribution >= 0.6 is 0 Å². The molecule has 0 saturated carbocycles. The van der Waals surface area contributed by atoms with Crippen LogP contribution < -0.4 is 21.3 Å². The van der Waals surface area contributed by atoms with Crippen LogP contribution in [0.3, 0.4) is 0 Å². The molecule has 0 aromatic heterocycles. The predicted octanol–water partition coefficient (Wildman–Crippen LogP) is -0.687. The molecule has 0 aliphatic carbocycles. The second-order valence-corrected chi connectivity index (χ2v) is 7.72. The van der Waals surface area contributed by atoms with Gasteiger partial charge in [0.15, 0.2) is 0 Å². The van der Waals surface area contributed by atoms with Crippen LogP contribution in [0.25, 0.3) is 0 Å². The molecule has 2 unspecified atom stereocenters. The molecule has 0 bridgehead atoms. The van der Waals surface area contributed by atoms with Crippen LogP contribution in [-0.4, -0.2) is 86.6 Å². The third-order valence-corrected chi connectivity index (χ3v) is 4.72. The summed E-state index contributed by atoms with van der Waals surface area (Å²) in [5, 5.41) is 67.9. The van der Waals surface area contributed by atoms with Gasteiger partial charge in [-0.05, 0) is 12.1 Å². The van der Waals surface area contributed by atoms with Gasteiger partial charge in [0.25, 0.3) is 23.2 Å². The zero-order valence-corrected chi connectivity index (χ0v) is 19.5. The number of benzene rings is 2. The van der Waals surface area contributed by atoms with E-state index < -0.39 is 64.5 Å². The number of urea groups is 1. The molecule has 0 aliphatic rings. The molecule has 2 aromatic carbocycles. The van der Waals surface area contributed by atoms with Crippen molar-refractivity contribution in [2.45, 2.75) is 12.2 Å². The van der Waals surface area contributed by atoms with E-state index in [0.29, 0.717) is 0 Å². The van der Waals surface area contributed by atoms with Gasteiger partial charge in [-0.2, -0.15) is 0 Å². The fourth-order valence-electron chi connectivity index (χ4n) is 2.89. The number of nitro benzene ring substituents is 2. The molecule has 0 saturated heterocycles. The molecule has 38 heavy (non-hydrogen) atoms. The fourth-order valence-corrected chi connectivity index (χ4v) is 2.89. The maximum atomic E-state index is 12.5. The lowest BCUT2D eigenvalue weighted by atomic mass is 10.1. The number of nitro groups is 2. The van der Waals surface area contributed by atoms with Gasteiger partial charge in [0.05, 0.1) is 46.6 Å². The number of aliphatic hydroxyl groups excluding tert-OH is 4. The van der Waals surface area contributed by atoms with Crippen molar-refractivity contribution < 1.29 is 44.7 Å². The highest BCUT2D eigenvalue weighted by atomic mass is 16.6. The molecule has 204 valence electrons. The maximum Gasteiger partial charge on any atom is 0.323 e. The van der Waals surface area contributed by atoms with Crippen LogP contribution in [0, 0.1) is 20.2 Å². The van der Waals surface area contributed by atoms with Crippen molar-refractivity contribution in [1.29, 1.82) is 0 Å². The molecular weight excluding hydrogens is 512 g/mol. The highest BCUT2D eigenvalue weighted by molar-refractivity contribution is 6.03. The molecule has 0 heterocycles. The van der Waals surface area contributed by atoms with Gasteiger partial charge in [-0.25, -0.2) is 4.79 Å². The number of nitrogens with one attached hydrogen (secondary N) is 4. The Kier molecular flexibility index (Phi) is 10.5. The van der Waals surface area contributed by atoms with Gasteiger partial charge in [-0.1, -0.05) is 0 Å². The van der Waals surface area contributed by atoms with Crippen molar-refractivity contribution in [3.63, 3.8) is 0 Å². The summed E-state index contributed by atoms with van der Waals surface area (Å²) < 4.78 is 0. The summed E-state index contributed by atoms with van der Waals surface area (Å²) in [4.78, 5) is 58.0. The van der Waals surface area contributed by atoms with E-state index in [-0.39, 0.29) is 35.6 Å². The van der Waals surface area contributed by atoms with Crippen molar-refractivity contribution in [3.8, 4) is 0 Å². The van der Waals surface area contributed by atoms with E-state index in [1.165, 1.54) is 0 Å². The largest absolute Gasteiger partial charge is 0.394 e. The Labute approximate surface area is 213 Å². The summed E-state index contributed by atoms with van der Waals surface area (Å²) in [5.74, 6) is -1.68. The van der Waals surface area contributed by atoms with E-state index in [2.05, 4.69) is 21.3 Å². The summed E-state index contributed by atoms with van der Waals surface area (Å²) >= 11 is 0. The zero-order valence-electron chi connectivity index (χ0n) is 19.5. The van der Waals surface area contributed by atoms with E-state index in [0.717, 1.165) is 36.4 Å². The SMILES string of the molecule is O=C(Nc1cc(C(=O)NCC(O)CO)cc([N+](=O)[O-])c1)Nc1cc(C(=O)NCC(O)CO)cc([N+](=O)[O-])c1. The molecule has 0 radical (unpaired) electrons. The van der Waals surface area contributed by atoms with Gasteiger partial charge >= 0.3 is 6.03 Å². The van der Waals surface area contributed by atoms with Crippen molar-refractivity contribution >= 4 is 40.6 Å². The number of hydrogen-bond acceptors (Lipinski definition) is 11. The quantitative estimate of drug-likeness (QED) is 0.124. The van der Waals surface area contributed by atoms with Crippen LogP contribution in [0.15, 0.2) is 36.4 Å². The Morgan fingerprint density at radius 2 is 1.08 bits per heavy atom. The summed E-state index contributed by atoms with van der Waals surface area (Å²) in [7, 11) is 0. The van der Waals surface area contributed by atoms with Gasteiger partial charge in [-0.3, -0.25) is 29.8 Å². The Bertz CT molecular complexity index is 1130. The average Bonchev–Trinajstić information content (AvgIpc) is 2.89. The Hall–Kier alpha value is -4.71. The van der Waals surface area contributed by atoms with Gasteiger partial charge < -0.3 is 41.7 Å². The molecule has 0 aliphatic heterocycles. The minimum atomic E-state index is -1.26. The first-order valence-electron chi connectivity index (χ1n) is 10.7. The molecule has 17 heteroatoms. The van der Waals surface area contributed by atoms with Crippen molar-refractivity contribution in [2.75, 3.05) is 36.9 Å². The molecule has 17 nitrogen and oxygen atoms in total. The first kappa shape index (κ1) is 29.5. The number of aliphatic hydroxyl groups is 4. The monoisotopic (exact) mass is 536 g/mol. The van der Waals surface area contributed by atoms with E-state index in [1.54, 1.807) is 0 Å². The lowest BCUT2D eigenvalue weighted by molar-refractivity contribution is -0.385. The fraction of sp³-hybridized carbons (Fsp3) is 0.286. The Morgan fingerprint density at radius 3 is 1.39 bits per heavy atom. The second kappa shape index (κ2) is 13.6. The molecule has 2 aromatic rings. The molecule has 2 rings (SSSR count). The molecule has 4 amide bonds. The molecule has 0 spiro atoms. The third kappa shape index (κ3) is 8.75. The first-order chi connectivity index (χ1) is 17.9. The summed E-state index contributed by atoms with van der Waals surface area (Å²) in [5.41, 5.74) is -2.03. The predicted molar refractivity (Wildman–Crippen MR) is 130 cm³/mol. The minimum Gasteiger partial charge on any atom is -0.394 e. The van der Waals surface area contributed by atoms with E-state index in [1.807, 2.05) is 0 Å². The van der Waals surface area contributed by atoms with Crippen LogP contribution in [0.4, 0.5) is 27.5 Å². The van der Waals surface area contributed by atoms with Crippen molar-refractivity contribution in [2.24, 2.45) is 0 Å². The highest BCUT2D eigenvalue weighted by Crippen LogP contribution is 2.23. The maximum absolute atomic E-state index is 12.5. The smallest absolute Gasteiger partial charge is 0.323 e. The molecule has 2 atom stereocenters. The summed E-state index contributed by atoms with van der Waals surface area (Å²) in [6, 6.07) is 4.87. The number of rotatable bonds is 12. The van der Waals surface area contributed by atoms with E-state index in [4.69, 9.17) is 10.2 Å². The second-order valence-electron chi connectivity index (χ2n) is 7.72. The lowest BCUT2D eigenvalue weighted by Crippen LogP contribution is -2.34. The molecular formula is C21H24N6O11. The zero-order chi connectivity index (χ0) is 28.4. The Balaban J connectivity index is 2.24. The number of nitrogens with zero attached hydrogens (tertiary/aromatic N) is 2. The van der Waals surface area contributed by atoms with Gasteiger partial charge in [0.2, 0.25) is 0 Å². The number of anilines is 2. The van der Waals surface area contributed by atoms with Crippen LogP contribution in [-0.2, 0) is 0 Å². The highest BCUT2D eigenvalue weighted by Gasteiger charge is 2.19. The average molecular weight is 536 g/mol. The number of hydrogen-bond donors (Lipinski definition) is 8. The molecule has 8 N–H and O–H groups in total. The summed E-state index contributed by atoms with van der Waals surface area (Å²) in [6.07, 6.45) is -2.52. The van der Waals surface area contributed by atoms with Gasteiger partial charge in [0, 0.05) is 48.5 Å². The number of carbonyl (C=O) groups excluding carboxylic acids is 3. The van der Waals surface area contributed by atoms with Crippen LogP contribution in [0.5, 0.6) is 0 Å². The van der Waals surface area contributed by atoms with Crippen molar-refractivity contribution in [1.82, 2.24) is 10.6 Å². The number of non-ortho nitro benzene ring substituents is 2. The molecule has 0 fully saturated rings. The van der Waals surface area contributed by atoms with Gasteiger partial charge in [0.1, 0.15) is 0 Å². The van der Waals surface area contributed by atoms with E-state index in [9.17, 15) is 44.8 Å². The van der Waals surface area contributed by atoms with E-state index >= 15 is 0 Å². The first-order valence-corrected chi connectivity index (χ1v) is 10.7. The summed E-state index contributed by atoms with van der Waals surface area (Å²) in [6.45, 7) is -1.95. The van der Waals surface area contributed by atoms with Gasteiger partial charge in [-0.15, -0.1) is 0 Å². The standard InChI is InChI=1S/C21H24N6O11/c28-9-17(30)7-22-19(32)11-1-13(5-15(3-11)26(35)36)24-21(34)25-14-2-12(4-16(6-14)27(37)38)20(33)23-8-18(31)10-29/h1-6,17-18,28-31H,7-10H2,(H,22,32)(H,23,33)(H2,24,25,34). The minimum absolute atomic E-state index is 0.203. The third-order valence-electron chi connectivity index (χ3n) is 4.72. The normalized spacial score (nSPS) is 12.1. The van der Waals surface area contributed by atoms with Crippen LogP contribution in [0.1, 0.15) is 20.7 Å². The lowest BCUT2D eigenvalue weighted by Gasteiger charge is -2.12. The number of carbonyl (C=O) groups is 3. The Morgan fingerprint density at radius 1 is 0.711 bits per heavy atom. The van der Waals surface area contributed by atoms with Crippen LogP contribution in [0.2, 0.25) is 0 Å². The topological polar surface area (TPSA) is 267 Å². The van der Waals surface area contributed by atoms with Crippen molar-refractivity contribution in [3.05, 3.63) is 67.8 Å². The number of amides is 4.